The first-order chi connectivity index (χ1) is 16.9. The molecule has 0 aliphatic heterocycles. The maximum atomic E-state index is 12.4. The Hall–Kier alpha value is -3.84. The molecule has 0 bridgehead atoms. The second-order valence-corrected chi connectivity index (χ2v) is 10.0. The summed E-state index contributed by atoms with van der Waals surface area (Å²) in [5.74, 6) is 0.858. The number of aromatic nitrogens is 6. The number of aldehydes is 1. The molecular weight excluding hydrogens is 472 g/mol. The van der Waals surface area contributed by atoms with E-state index < -0.39 is 10.0 Å². The highest BCUT2D eigenvalue weighted by molar-refractivity contribution is 7.89. The molecule has 0 unspecified atom stereocenters. The third-order valence-corrected chi connectivity index (χ3v) is 7.22. The number of aryl methyl sites for hydroxylation is 1. The standard InChI is InChI=1S/C22H24N8O4S/c1-14-10-17(35(32,33)26-8-3-9-31)6-7-18(14)27-22-28-21-20(34-16-4-2-5-16)19(15-11-24-25-12-15)23-13-30(21)29-22/h6-7,9-13,16,26H,2-5,8H2,1H3,(H,24,25)(H,27,29). The van der Waals surface area contributed by atoms with Crippen LogP contribution in [0.3, 0.4) is 0 Å². The zero-order chi connectivity index (χ0) is 24.4. The number of hydrogen-bond acceptors (Lipinski definition) is 9. The van der Waals surface area contributed by atoms with Crippen LogP contribution in [-0.4, -0.2) is 57.1 Å². The minimum atomic E-state index is -3.71. The molecular formula is C22H24N8O4S. The van der Waals surface area contributed by atoms with Gasteiger partial charge in [-0.1, -0.05) is 0 Å². The SMILES string of the molecule is Cc1cc(S(=O)(=O)NCCC=O)ccc1Nc1nc2c(OC3CCC3)c(-c3cn[nH]c3)ncn2n1. The number of aromatic amines is 1. The van der Waals surface area contributed by atoms with Gasteiger partial charge >= 0.3 is 0 Å². The van der Waals surface area contributed by atoms with E-state index in [0.717, 1.165) is 24.8 Å². The van der Waals surface area contributed by atoms with E-state index >= 15 is 0 Å². The van der Waals surface area contributed by atoms with Crippen LogP contribution in [0.15, 0.2) is 41.8 Å². The molecule has 182 valence electrons. The molecule has 1 fully saturated rings. The van der Waals surface area contributed by atoms with Crippen LogP contribution in [0.5, 0.6) is 5.75 Å². The van der Waals surface area contributed by atoms with E-state index in [1.54, 1.807) is 42.3 Å². The van der Waals surface area contributed by atoms with Crippen LogP contribution in [0.4, 0.5) is 11.6 Å². The third-order valence-electron chi connectivity index (χ3n) is 5.76. The van der Waals surface area contributed by atoms with Crippen LogP contribution >= 0.6 is 0 Å². The lowest BCUT2D eigenvalue weighted by atomic mass is 9.96. The molecule has 0 spiro atoms. The lowest BCUT2D eigenvalue weighted by Gasteiger charge is -2.27. The second kappa shape index (κ2) is 9.43. The monoisotopic (exact) mass is 496 g/mol. The summed E-state index contributed by atoms with van der Waals surface area (Å²) in [6.07, 6.45) is 8.95. The Morgan fingerprint density at radius 1 is 1.31 bits per heavy atom. The van der Waals surface area contributed by atoms with Gasteiger partial charge in [-0.15, -0.1) is 5.10 Å². The average Bonchev–Trinajstić information content (AvgIpc) is 3.47. The fourth-order valence-corrected chi connectivity index (χ4v) is 4.77. The molecule has 1 aromatic carbocycles. The van der Waals surface area contributed by atoms with E-state index in [-0.39, 0.29) is 24.0 Å². The largest absolute Gasteiger partial charge is 0.484 e. The van der Waals surface area contributed by atoms with E-state index in [1.165, 1.54) is 6.07 Å². The highest BCUT2D eigenvalue weighted by atomic mass is 32.2. The van der Waals surface area contributed by atoms with Crippen LogP contribution < -0.4 is 14.8 Å². The minimum Gasteiger partial charge on any atom is -0.484 e. The van der Waals surface area contributed by atoms with E-state index in [2.05, 4.69) is 35.3 Å². The van der Waals surface area contributed by atoms with Crippen molar-refractivity contribution in [1.29, 1.82) is 0 Å². The molecule has 12 nitrogen and oxygen atoms in total. The Morgan fingerprint density at radius 2 is 2.17 bits per heavy atom. The maximum Gasteiger partial charge on any atom is 0.247 e. The first kappa shape index (κ1) is 22.9. The summed E-state index contributed by atoms with van der Waals surface area (Å²) in [6.45, 7) is 1.84. The molecule has 1 saturated carbocycles. The maximum absolute atomic E-state index is 12.4. The highest BCUT2D eigenvalue weighted by Gasteiger charge is 2.25. The number of ether oxygens (including phenoxy) is 1. The Labute approximate surface area is 201 Å². The molecule has 3 aromatic heterocycles. The number of H-pyrrole nitrogens is 1. The number of carbonyl (C=O) groups is 1. The van der Waals surface area contributed by atoms with Gasteiger partial charge in [-0.05, 0) is 49.9 Å². The number of anilines is 2. The molecule has 1 aliphatic carbocycles. The van der Waals surface area contributed by atoms with Crippen LogP contribution in [-0.2, 0) is 14.8 Å². The molecule has 0 saturated heterocycles. The first-order valence-electron chi connectivity index (χ1n) is 11.2. The number of fused-ring (bicyclic) bond motifs is 1. The topological polar surface area (TPSA) is 156 Å². The smallest absolute Gasteiger partial charge is 0.247 e. The Balaban J connectivity index is 1.44. The van der Waals surface area contributed by atoms with Gasteiger partial charge < -0.3 is 14.8 Å². The molecule has 35 heavy (non-hydrogen) atoms. The van der Waals surface area contributed by atoms with Crippen molar-refractivity contribution in [2.45, 2.75) is 43.6 Å². The van der Waals surface area contributed by atoms with Crippen molar-refractivity contribution in [3.05, 3.63) is 42.5 Å². The molecule has 13 heteroatoms. The van der Waals surface area contributed by atoms with Crippen molar-refractivity contribution in [2.75, 3.05) is 11.9 Å². The highest BCUT2D eigenvalue weighted by Crippen LogP contribution is 2.35. The van der Waals surface area contributed by atoms with E-state index in [9.17, 15) is 13.2 Å². The summed E-state index contributed by atoms with van der Waals surface area (Å²) in [6, 6.07) is 4.68. The Bertz CT molecular complexity index is 1460. The van der Waals surface area contributed by atoms with Gasteiger partial charge in [0.05, 0.1) is 17.2 Å². The van der Waals surface area contributed by atoms with Gasteiger partial charge in [-0.3, -0.25) is 5.10 Å². The zero-order valence-corrected chi connectivity index (χ0v) is 19.7. The molecule has 4 aromatic rings. The van der Waals surface area contributed by atoms with Gasteiger partial charge in [0.15, 0.2) is 5.75 Å². The van der Waals surface area contributed by atoms with Crippen molar-refractivity contribution >= 4 is 33.6 Å². The van der Waals surface area contributed by atoms with Crippen molar-refractivity contribution < 1.29 is 17.9 Å². The first-order valence-corrected chi connectivity index (χ1v) is 12.6. The van der Waals surface area contributed by atoms with Gasteiger partial charge in [0.2, 0.25) is 21.6 Å². The van der Waals surface area contributed by atoms with E-state index in [0.29, 0.717) is 40.6 Å². The third kappa shape index (κ3) is 4.72. The molecule has 0 atom stereocenters. The quantitative estimate of drug-likeness (QED) is 0.221. The van der Waals surface area contributed by atoms with E-state index in [4.69, 9.17) is 4.74 Å². The van der Waals surface area contributed by atoms with Gasteiger partial charge in [-0.2, -0.15) is 14.6 Å². The fourth-order valence-electron chi connectivity index (χ4n) is 3.64. The second-order valence-electron chi connectivity index (χ2n) is 8.24. The lowest BCUT2D eigenvalue weighted by Crippen LogP contribution is -2.25. The number of carbonyl (C=O) groups excluding carboxylic acids is 1. The number of nitrogens with zero attached hydrogens (tertiary/aromatic N) is 5. The summed E-state index contributed by atoms with van der Waals surface area (Å²) in [4.78, 5) is 19.7. The molecule has 3 N–H and O–H groups in total. The number of hydrogen-bond donors (Lipinski definition) is 3. The summed E-state index contributed by atoms with van der Waals surface area (Å²) < 4.78 is 35.1. The predicted octanol–water partition coefficient (Wildman–Crippen LogP) is 2.37. The molecule has 3 heterocycles. The van der Waals surface area contributed by atoms with Crippen molar-refractivity contribution in [1.82, 2.24) is 34.5 Å². The minimum absolute atomic E-state index is 0.0517. The summed E-state index contributed by atoms with van der Waals surface area (Å²) in [5.41, 5.74) is 3.27. The lowest BCUT2D eigenvalue weighted by molar-refractivity contribution is -0.107. The fraction of sp³-hybridized carbons (Fsp3) is 0.318. The number of benzene rings is 1. The summed E-state index contributed by atoms with van der Waals surface area (Å²) in [5, 5.41) is 14.4. The summed E-state index contributed by atoms with van der Waals surface area (Å²) >= 11 is 0. The number of sulfonamides is 1. The molecule has 0 radical (unpaired) electrons. The van der Waals surface area contributed by atoms with Crippen molar-refractivity contribution in [2.24, 2.45) is 0 Å². The van der Waals surface area contributed by atoms with E-state index in [1.807, 2.05) is 0 Å². The van der Waals surface area contributed by atoms with Crippen molar-refractivity contribution in [3.63, 3.8) is 0 Å². The Kier molecular flexibility index (Phi) is 6.17. The summed E-state index contributed by atoms with van der Waals surface area (Å²) in [7, 11) is -3.71. The van der Waals surface area contributed by atoms with Crippen LogP contribution in [0, 0.1) is 6.92 Å². The van der Waals surface area contributed by atoms with Gasteiger partial charge in [0.1, 0.15) is 18.3 Å². The van der Waals surface area contributed by atoms with Crippen LogP contribution in [0.2, 0.25) is 0 Å². The van der Waals surface area contributed by atoms with Crippen molar-refractivity contribution in [3.8, 4) is 17.0 Å². The average molecular weight is 497 g/mol. The van der Waals surface area contributed by atoms with Gasteiger partial charge in [0.25, 0.3) is 0 Å². The zero-order valence-electron chi connectivity index (χ0n) is 18.9. The van der Waals surface area contributed by atoms with Crippen LogP contribution in [0.1, 0.15) is 31.2 Å². The molecule has 5 rings (SSSR count). The van der Waals surface area contributed by atoms with Gasteiger partial charge in [0, 0.05) is 30.4 Å². The number of rotatable bonds is 10. The normalized spacial score (nSPS) is 14.1. The Morgan fingerprint density at radius 3 is 2.86 bits per heavy atom. The van der Waals surface area contributed by atoms with Gasteiger partial charge in [-0.25, -0.2) is 18.1 Å². The molecule has 1 aliphatic rings. The number of nitrogens with one attached hydrogen (secondary N) is 3. The molecule has 0 amide bonds. The van der Waals surface area contributed by atoms with Crippen LogP contribution in [0.25, 0.3) is 16.9 Å². The predicted molar refractivity (Wildman–Crippen MR) is 127 cm³/mol.